The molecule has 0 aliphatic rings. The third kappa shape index (κ3) is 7.32. The number of nitrogens with zero attached hydrogens (tertiary/aromatic N) is 3. The van der Waals surface area contributed by atoms with Gasteiger partial charge in [0.25, 0.3) is 0 Å². The number of rotatable bonds is 4. The first-order valence-corrected chi connectivity index (χ1v) is 18.1. The Kier molecular flexibility index (Phi) is 10.1. The average molecular weight is 864 g/mol. The van der Waals surface area contributed by atoms with Gasteiger partial charge in [-0.2, -0.15) is 0 Å². The van der Waals surface area contributed by atoms with Crippen molar-refractivity contribution in [1.82, 2.24) is 14.5 Å². The van der Waals surface area contributed by atoms with Gasteiger partial charge in [-0.1, -0.05) is 130 Å². The molecule has 6 aromatic rings. The van der Waals surface area contributed by atoms with E-state index in [1.807, 2.05) is 24.4 Å². The molecule has 0 spiro atoms. The van der Waals surface area contributed by atoms with E-state index in [1.54, 1.807) is 11.8 Å². The standard InChI is InChI=1S/C44H50N3OS.Pt/c1-41(2,3)28-19-20-35-31(23-28)32-26-33(43(7,8)9)38(27-16-15-17-30(22-27)49-37-18-13-14-21-45-37)46-40(32)47(35)36-25-29(42(4,5)6)24-34(39(36)48)44(10,11)12;/h13-21,23-26,48H,1-12H3;/q-1;. The normalized spacial score (nSPS) is 12.8. The molecule has 50 heavy (non-hydrogen) atoms. The number of aromatic nitrogens is 3. The minimum absolute atomic E-state index is 0. The van der Waals surface area contributed by atoms with Crippen molar-refractivity contribution in [1.29, 1.82) is 0 Å². The average Bonchev–Trinajstić information content (AvgIpc) is 3.32. The Morgan fingerprint density at radius 1 is 0.660 bits per heavy atom. The first-order chi connectivity index (χ1) is 22.7. The molecule has 0 radical (unpaired) electrons. The van der Waals surface area contributed by atoms with Crippen LogP contribution in [0.1, 0.15) is 105 Å². The molecule has 0 bridgehead atoms. The van der Waals surface area contributed by atoms with Crippen LogP contribution in [0.5, 0.6) is 5.75 Å². The van der Waals surface area contributed by atoms with E-state index in [2.05, 4.69) is 153 Å². The van der Waals surface area contributed by atoms with Gasteiger partial charge in [-0.3, -0.25) is 9.55 Å². The number of hydrogen-bond donors (Lipinski definition) is 1. The zero-order valence-corrected chi connectivity index (χ0v) is 34.6. The Morgan fingerprint density at radius 2 is 1.34 bits per heavy atom. The molecular formula is C44H50N3OPtS-. The predicted molar refractivity (Wildman–Crippen MR) is 208 cm³/mol. The summed E-state index contributed by atoms with van der Waals surface area (Å²) in [5, 5.41) is 15.3. The fourth-order valence-electron chi connectivity index (χ4n) is 6.38. The summed E-state index contributed by atoms with van der Waals surface area (Å²) in [5.41, 5.74) is 8.32. The molecule has 3 aromatic heterocycles. The van der Waals surface area contributed by atoms with Crippen LogP contribution in [0.2, 0.25) is 0 Å². The Morgan fingerprint density at radius 3 is 1.94 bits per heavy atom. The van der Waals surface area contributed by atoms with Gasteiger partial charge in [0.1, 0.15) is 11.4 Å². The molecule has 0 atom stereocenters. The molecule has 0 amide bonds. The van der Waals surface area contributed by atoms with E-state index >= 15 is 0 Å². The molecule has 4 nitrogen and oxygen atoms in total. The fraction of sp³-hybridized carbons (Fsp3) is 0.364. The van der Waals surface area contributed by atoms with E-state index in [4.69, 9.17) is 4.98 Å². The molecule has 0 aliphatic carbocycles. The summed E-state index contributed by atoms with van der Waals surface area (Å²) >= 11 is 1.60. The van der Waals surface area contributed by atoms with Gasteiger partial charge in [-0.15, -0.1) is 29.8 Å². The first-order valence-electron chi connectivity index (χ1n) is 17.2. The van der Waals surface area contributed by atoms with Gasteiger partial charge in [-0.05, 0) is 68.8 Å². The minimum atomic E-state index is -0.267. The van der Waals surface area contributed by atoms with Crippen LogP contribution in [-0.2, 0) is 42.7 Å². The number of hydrogen-bond acceptors (Lipinski definition) is 4. The number of phenols is 1. The molecule has 3 heterocycles. The number of benzene rings is 3. The van der Waals surface area contributed by atoms with Crippen molar-refractivity contribution in [2.75, 3.05) is 0 Å². The van der Waals surface area contributed by atoms with Crippen LogP contribution in [0.25, 0.3) is 38.9 Å². The minimum Gasteiger partial charge on any atom is -0.505 e. The molecule has 3 aromatic carbocycles. The Hall–Kier alpha value is -3.40. The SMILES string of the molecule is CC(C)(C)c1cc(-n2c3ccc(C(C)(C)C)cc3c3cc(C(C)(C)C)c(-c4[c-]c(Sc5ccccn5)ccc4)nc32)c(O)c(C(C)(C)C)c1.[Pt]. The molecule has 6 heteroatoms. The maximum atomic E-state index is 12.2. The molecule has 0 saturated heterocycles. The summed E-state index contributed by atoms with van der Waals surface area (Å²) < 4.78 is 2.19. The number of fused-ring (bicyclic) bond motifs is 3. The molecule has 0 unspecified atom stereocenters. The second-order valence-electron chi connectivity index (χ2n) is 17.4. The largest absolute Gasteiger partial charge is 0.505 e. The fourth-order valence-corrected chi connectivity index (χ4v) is 7.17. The van der Waals surface area contributed by atoms with Crippen LogP contribution in [0.4, 0.5) is 0 Å². The van der Waals surface area contributed by atoms with Gasteiger partial charge in [0.15, 0.2) is 0 Å². The summed E-state index contributed by atoms with van der Waals surface area (Å²) in [6, 6.07) is 29.3. The van der Waals surface area contributed by atoms with Gasteiger partial charge < -0.3 is 5.11 Å². The third-order valence-corrected chi connectivity index (χ3v) is 10.2. The van der Waals surface area contributed by atoms with Crippen molar-refractivity contribution >= 4 is 33.7 Å². The molecule has 264 valence electrons. The second-order valence-corrected chi connectivity index (χ2v) is 18.5. The van der Waals surface area contributed by atoms with E-state index in [1.165, 1.54) is 11.1 Å². The summed E-state index contributed by atoms with van der Waals surface area (Å²) in [6.07, 6.45) is 1.82. The summed E-state index contributed by atoms with van der Waals surface area (Å²) in [5.74, 6) is 0.294. The molecular weight excluding hydrogens is 814 g/mol. The van der Waals surface area contributed by atoms with E-state index in [0.29, 0.717) is 5.75 Å². The number of aromatic hydroxyl groups is 1. The van der Waals surface area contributed by atoms with Crippen molar-refractivity contribution in [3.05, 3.63) is 107 Å². The predicted octanol–water partition coefficient (Wildman–Crippen LogP) is 12.1. The van der Waals surface area contributed by atoms with Crippen molar-refractivity contribution in [3.8, 4) is 22.7 Å². The maximum absolute atomic E-state index is 12.2. The van der Waals surface area contributed by atoms with Crippen molar-refractivity contribution in [3.63, 3.8) is 0 Å². The smallest absolute Gasteiger partial charge is 0.143 e. The zero-order chi connectivity index (χ0) is 35.7. The zero-order valence-electron chi connectivity index (χ0n) is 31.5. The van der Waals surface area contributed by atoms with Crippen LogP contribution in [0.3, 0.4) is 0 Å². The van der Waals surface area contributed by atoms with Gasteiger partial charge in [0, 0.05) is 43.6 Å². The van der Waals surface area contributed by atoms with Crippen molar-refractivity contribution in [2.45, 2.75) is 115 Å². The maximum Gasteiger partial charge on any atom is 0.143 e. The molecule has 0 aliphatic heterocycles. The summed E-state index contributed by atoms with van der Waals surface area (Å²) in [6.45, 7) is 26.7. The monoisotopic (exact) mass is 863 g/mol. The molecule has 6 rings (SSSR count). The Bertz CT molecular complexity index is 2190. The summed E-state index contributed by atoms with van der Waals surface area (Å²) in [4.78, 5) is 11.1. The summed E-state index contributed by atoms with van der Waals surface area (Å²) in [7, 11) is 0. The second kappa shape index (κ2) is 13.3. The van der Waals surface area contributed by atoms with E-state index in [0.717, 1.165) is 59.9 Å². The van der Waals surface area contributed by atoms with Crippen LogP contribution in [-0.4, -0.2) is 19.6 Å². The van der Waals surface area contributed by atoms with Crippen molar-refractivity contribution < 1.29 is 26.2 Å². The first kappa shape index (κ1) is 37.8. The topological polar surface area (TPSA) is 50.9 Å². The van der Waals surface area contributed by atoms with E-state index < -0.39 is 0 Å². The van der Waals surface area contributed by atoms with E-state index in [-0.39, 0.29) is 42.7 Å². The number of phenolic OH excluding ortho intramolecular Hbond substituents is 1. The number of pyridine rings is 2. The van der Waals surface area contributed by atoms with Crippen LogP contribution >= 0.6 is 11.8 Å². The van der Waals surface area contributed by atoms with Crippen LogP contribution in [0.15, 0.2) is 88.9 Å². The van der Waals surface area contributed by atoms with Crippen LogP contribution < -0.4 is 0 Å². The third-order valence-electron chi connectivity index (χ3n) is 9.30. The quantitative estimate of drug-likeness (QED) is 0.179. The van der Waals surface area contributed by atoms with Crippen LogP contribution in [0, 0.1) is 6.07 Å². The van der Waals surface area contributed by atoms with Gasteiger partial charge >= 0.3 is 0 Å². The van der Waals surface area contributed by atoms with Gasteiger partial charge in [0.05, 0.1) is 16.2 Å². The molecule has 0 saturated carbocycles. The Balaban J connectivity index is 0.00000486. The Labute approximate surface area is 317 Å². The molecule has 0 fully saturated rings. The van der Waals surface area contributed by atoms with Gasteiger partial charge in [-0.25, -0.2) is 4.98 Å². The molecule has 1 N–H and O–H groups in total. The van der Waals surface area contributed by atoms with E-state index in [9.17, 15) is 5.11 Å². The van der Waals surface area contributed by atoms with Crippen molar-refractivity contribution in [2.24, 2.45) is 0 Å². The van der Waals surface area contributed by atoms with Gasteiger partial charge in [0.2, 0.25) is 0 Å².